The summed E-state index contributed by atoms with van der Waals surface area (Å²) in [5.41, 5.74) is -1.01. The van der Waals surface area contributed by atoms with Gasteiger partial charge in [0, 0.05) is 26.8 Å². The molecule has 0 aromatic rings. The quantitative estimate of drug-likeness (QED) is 0.0675. The molecule has 0 aliphatic rings. The molecule has 7 nitrogen and oxygen atoms in total. The van der Waals surface area contributed by atoms with E-state index in [0.29, 0.717) is 30.4 Å². The van der Waals surface area contributed by atoms with Crippen LogP contribution in [0.15, 0.2) is 0 Å². The molecule has 0 N–H and O–H groups in total. The van der Waals surface area contributed by atoms with Gasteiger partial charge in [0.25, 0.3) is 0 Å². The van der Waals surface area contributed by atoms with Crippen LogP contribution >= 0.6 is 17.2 Å². The lowest BCUT2D eigenvalue weighted by Gasteiger charge is -2.32. The highest BCUT2D eigenvalue weighted by atomic mass is 31.1. The first kappa shape index (κ1) is 33.6. The first-order valence-corrected chi connectivity index (χ1v) is 15.2. The Morgan fingerprint density at radius 3 is 1.33 bits per heavy atom. The smallest absolute Gasteiger partial charge is 0.180 e. The Hall–Kier alpha value is 0.580. The number of hydroxylamine groups is 2. The van der Waals surface area contributed by atoms with Crippen molar-refractivity contribution in [3.63, 3.8) is 0 Å². The Morgan fingerprint density at radius 2 is 1.00 bits per heavy atom. The van der Waals surface area contributed by atoms with Crippen LogP contribution in [-0.2, 0) is 28.5 Å². The minimum atomic E-state index is -0.504. The molecule has 0 aromatic heterocycles. The summed E-state index contributed by atoms with van der Waals surface area (Å²) in [5, 5.41) is 2.09. The summed E-state index contributed by atoms with van der Waals surface area (Å²) in [6.45, 7) is 18.6. The third-order valence-corrected chi connectivity index (χ3v) is 7.52. The van der Waals surface area contributed by atoms with Crippen LogP contribution in [0.2, 0.25) is 0 Å². The Morgan fingerprint density at radius 1 is 0.606 bits per heavy atom. The molecule has 0 rings (SSSR count). The summed E-state index contributed by atoms with van der Waals surface area (Å²) in [6, 6.07) is 0. The minimum Gasteiger partial charge on any atom is -0.385 e. The van der Waals surface area contributed by atoms with Crippen LogP contribution in [0.25, 0.3) is 0 Å². The topological polar surface area (TPSA) is 58.6 Å². The van der Waals surface area contributed by atoms with Gasteiger partial charge < -0.3 is 23.7 Å². The summed E-state index contributed by atoms with van der Waals surface area (Å²) in [4.78, 5) is 6.10. The average molecular weight is 514 g/mol. The van der Waals surface area contributed by atoms with E-state index < -0.39 is 11.1 Å². The van der Waals surface area contributed by atoms with E-state index in [2.05, 4.69) is 46.6 Å². The highest BCUT2D eigenvalue weighted by molar-refractivity contribution is 7.39. The number of nitrogens with zero attached hydrogens (tertiary/aromatic N) is 1. The van der Waals surface area contributed by atoms with Gasteiger partial charge in [0.2, 0.25) is 0 Å². The molecule has 0 saturated heterocycles. The monoisotopic (exact) mass is 513 g/mol. The fraction of sp³-hybridized carbons (Fsp3) is 1.00. The molecule has 33 heavy (non-hydrogen) atoms. The molecule has 0 saturated carbocycles. The van der Waals surface area contributed by atoms with Gasteiger partial charge in [0.05, 0.1) is 33.0 Å². The maximum Gasteiger partial charge on any atom is 0.180 e. The molecule has 0 bridgehead atoms. The summed E-state index contributed by atoms with van der Waals surface area (Å²) in [7, 11) is 2.82. The normalized spacial score (nSPS) is 13.5. The second kappa shape index (κ2) is 21.8. The second-order valence-corrected chi connectivity index (χ2v) is 11.8. The highest BCUT2D eigenvalue weighted by Crippen LogP contribution is 2.36. The first-order valence-electron chi connectivity index (χ1n) is 12.8. The van der Waals surface area contributed by atoms with Crippen molar-refractivity contribution < 1.29 is 28.5 Å². The average Bonchev–Trinajstić information content (AvgIpc) is 2.81. The zero-order valence-electron chi connectivity index (χ0n) is 22.5. The fourth-order valence-electron chi connectivity index (χ4n) is 2.93. The summed E-state index contributed by atoms with van der Waals surface area (Å²) < 4.78 is 29.4. The van der Waals surface area contributed by atoms with Gasteiger partial charge in [-0.1, -0.05) is 44.9 Å². The molecule has 2 unspecified atom stereocenters. The van der Waals surface area contributed by atoms with Gasteiger partial charge in [-0.15, -0.1) is 0 Å². The fourth-order valence-corrected chi connectivity index (χ4v) is 5.38. The molecular weight excluding hydrogens is 460 g/mol. The Labute approximate surface area is 207 Å². The molecule has 0 radical (unpaired) electrons. The molecule has 0 fully saturated rings. The Bertz CT molecular complexity index is 386. The maximum atomic E-state index is 6.10. The maximum absolute atomic E-state index is 6.10. The number of methoxy groups -OCH3 is 1. The van der Waals surface area contributed by atoms with Gasteiger partial charge >= 0.3 is 0 Å². The third-order valence-electron chi connectivity index (χ3n) is 4.71. The van der Waals surface area contributed by atoms with E-state index in [0.717, 1.165) is 83.9 Å². The van der Waals surface area contributed by atoms with Crippen molar-refractivity contribution in [3.8, 4) is 0 Å². The van der Waals surface area contributed by atoms with Crippen molar-refractivity contribution in [2.75, 3.05) is 72.2 Å². The van der Waals surface area contributed by atoms with Gasteiger partial charge in [-0.2, -0.15) is 5.06 Å². The zero-order valence-corrected chi connectivity index (χ0v) is 24.5. The summed E-state index contributed by atoms with van der Waals surface area (Å²) in [6.07, 6.45) is 6.77. The summed E-state index contributed by atoms with van der Waals surface area (Å²) in [5.74, 6) is 0. The van der Waals surface area contributed by atoms with Crippen LogP contribution in [-0.4, -0.2) is 88.3 Å². The van der Waals surface area contributed by atoms with E-state index in [9.17, 15) is 0 Å². The summed E-state index contributed by atoms with van der Waals surface area (Å²) >= 11 is 0. The lowest BCUT2D eigenvalue weighted by atomic mass is 10.5. The molecule has 9 heteroatoms. The predicted octanol–water partition coefficient (Wildman–Crippen LogP) is 5.67. The van der Waals surface area contributed by atoms with Crippen molar-refractivity contribution >= 4 is 17.2 Å². The largest absolute Gasteiger partial charge is 0.385 e. The van der Waals surface area contributed by atoms with E-state index >= 15 is 0 Å². The van der Waals surface area contributed by atoms with Crippen molar-refractivity contribution in [2.24, 2.45) is 0 Å². The number of rotatable bonds is 25. The van der Waals surface area contributed by atoms with Gasteiger partial charge in [-0.25, -0.2) is 0 Å². The molecule has 0 aromatic carbocycles. The number of hydrogen-bond donors (Lipinski definition) is 0. The lowest BCUT2D eigenvalue weighted by molar-refractivity contribution is -0.166. The first-order chi connectivity index (χ1) is 15.9. The van der Waals surface area contributed by atoms with Gasteiger partial charge in [0.15, 0.2) is 11.1 Å². The van der Waals surface area contributed by atoms with E-state index in [4.69, 9.17) is 28.5 Å². The molecule has 0 heterocycles. The van der Waals surface area contributed by atoms with Gasteiger partial charge in [-0.3, -0.25) is 4.84 Å². The van der Waals surface area contributed by atoms with Crippen LogP contribution in [0.5, 0.6) is 0 Å². The van der Waals surface area contributed by atoms with Crippen molar-refractivity contribution in [3.05, 3.63) is 0 Å². The van der Waals surface area contributed by atoms with Crippen molar-refractivity contribution in [1.29, 1.82) is 0 Å². The van der Waals surface area contributed by atoms with E-state index in [-0.39, 0.29) is 0 Å². The van der Waals surface area contributed by atoms with Gasteiger partial charge in [-0.05, 0) is 58.3 Å². The molecule has 0 aliphatic heterocycles. The zero-order chi connectivity index (χ0) is 24.8. The number of ether oxygens (including phenoxy) is 5. The van der Waals surface area contributed by atoms with Crippen LogP contribution < -0.4 is 0 Å². The molecule has 0 amide bonds. The molecule has 0 aliphatic carbocycles. The predicted molar refractivity (Wildman–Crippen MR) is 142 cm³/mol. The SMILES string of the molecule is CCCOC(C)(OCCC)PCCN(CCPC(C)(OCCC)OCCC)OCCCOC. The minimum absolute atomic E-state index is 0.504. The standard InChI is InChI=1S/C24H53NO6P2/c1-8-15-27-23(5,28-16-9-2)32-21-13-25(31-20-12-19-26-7)14-22-33-24(6,29-17-10-3)30-18-11-4/h32-33H,8-22H2,1-7H3. The van der Waals surface area contributed by atoms with Crippen molar-refractivity contribution in [2.45, 2.75) is 84.7 Å². The highest BCUT2D eigenvalue weighted by Gasteiger charge is 2.27. The number of hydrogen-bond acceptors (Lipinski definition) is 7. The third kappa shape index (κ3) is 18.5. The second-order valence-electron chi connectivity index (χ2n) is 8.25. The van der Waals surface area contributed by atoms with Gasteiger partial charge in [0.1, 0.15) is 0 Å². The van der Waals surface area contributed by atoms with E-state index in [1.807, 2.05) is 0 Å². The Kier molecular flexibility index (Phi) is 22.2. The van der Waals surface area contributed by atoms with Crippen LogP contribution in [0.1, 0.15) is 73.6 Å². The van der Waals surface area contributed by atoms with Crippen LogP contribution in [0, 0.1) is 0 Å². The molecule has 0 spiro atoms. The van der Waals surface area contributed by atoms with Crippen LogP contribution in [0.4, 0.5) is 0 Å². The van der Waals surface area contributed by atoms with E-state index in [1.54, 1.807) is 7.11 Å². The molecule has 2 atom stereocenters. The molecular formula is C24H53NO6P2. The van der Waals surface area contributed by atoms with E-state index in [1.165, 1.54) is 0 Å². The lowest BCUT2D eigenvalue weighted by Crippen LogP contribution is -2.34. The van der Waals surface area contributed by atoms with Crippen molar-refractivity contribution in [1.82, 2.24) is 5.06 Å². The Balaban J connectivity index is 4.77. The molecule has 200 valence electrons. The van der Waals surface area contributed by atoms with Crippen LogP contribution in [0.3, 0.4) is 0 Å².